The van der Waals surface area contributed by atoms with Crippen LogP contribution in [-0.4, -0.2) is 10.2 Å². The summed E-state index contributed by atoms with van der Waals surface area (Å²) in [4.78, 5) is 0. The summed E-state index contributed by atoms with van der Waals surface area (Å²) in [5, 5.41) is 7.41. The number of hydrogen-bond acceptors (Lipinski definition) is 2. The minimum absolute atomic E-state index is 0.358. The van der Waals surface area contributed by atoms with Gasteiger partial charge in [-0.2, -0.15) is 5.10 Å². The van der Waals surface area contributed by atoms with E-state index >= 15 is 0 Å². The van der Waals surface area contributed by atoms with Crippen molar-refractivity contribution in [3.8, 4) is 0 Å². The molecule has 1 heterocycles. The third kappa shape index (κ3) is 1.04. The zero-order chi connectivity index (χ0) is 8.72. The van der Waals surface area contributed by atoms with E-state index in [-0.39, 0.29) is 5.82 Å². The number of rotatable bonds is 0. The smallest absolute Gasteiger partial charge is 0.127 e. The van der Waals surface area contributed by atoms with E-state index in [9.17, 15) is 4.39 Å². The molecule has 0 atom stereocenters. The van der Waals surface area contributed by atoms with Crippen LogP contribution in [0.2, 0.25) is 0 Å². The molecule has 0 aliphatic carbocycles. The van der Waals surface area contributed by atoms with Gasteiger partial charge in [0, 0.05) is 11.8 Å². The number of benzene rings is 1. The lowest BCUT2D eigenvalue weighted by atomic mass is 10.2. The molecule has 5 heteroatoms. The van der Waals surface area contributed by atoms with Crippen molar-refractivity contribution >= 4 is 39.2 Å². The number of nitrogens with two attached hydrogens (primary N) is 1. The molecule has 62 valence electrons. The fourth-order valence-electron chi connectivity index (χ4n) is 1.11. The summed E-state index contributed by atoms with van der Waals surface area (Å²) in [5.74, 6) is -0.358. The van der Waals surface area contributed by atoms with Crippen molar-refractivity contribution in [3.05, 3.63) is 21.7 Å². The predicted molar refractivity (Wildman–Crippen MR) is 53.2 cm³/mol. The maximum atomic E-state index is 12.8. The number of nitrogens with one attached hydrogen (secondary N) is 1. The number of H-pyrrole nitrogens is 1. The fraction of sp³-hybridized carbons (Fsp3) is 0. The Morgan fingerprint density at radius 3 is 3.00 bits per heavy atom. The van der Waals surface area contributed by atoms with Crippen LogP contribution in [0, 0.1) is 9.52 Å². The number of anilines is 1. The first kappa shape index (κ1) is 7.78. The van der Waals surface area contributed by atoms with E-state index < -0.39 is 0 Å². The lowest BCUT2D eigenvalue weighted by Gasteiger charge is -1.95. The average molecular weight is 277 g/mol. The van der Waals surface area contributed by atoms with Gasteiger partial charge >= 0.3 is 0 Å². The summed E-state index contributed by atoms with van der Waals surface area (Å²) in [6.45, 7) is 0. The first-order chi connectivity index (χ1) is 5.68. The molecule has 0 spiro atoms. The van der Waals surface area contributed by atoms with Gasteiger partial charge in [-0.3, -0.25) is 5.10 Å². The highest BCUT2D eigenvalue weighted by Crippen LogP contribution is 2.24. The third-order valence-electron chi connectivity index (χ3n) is 1.61. The van der Waals surface area contributed by atoms with E-state index in [0.29, 0.717) is 11.2 Å². The van der Waals surface area contributed by atoms with Gasteiger partial charge in [0.1, 0.15) is 9.52 Å². The summed E-state index contributed by atoms with van der Waals surface area (Å²) in [6.07, 6.45) is 0. The first-order valence-corrected chi connectivity index (χ1v) is 4.35. The van der Waals surface area contributed by atoms with E-state index in [4.69, 9.17) is 5.73 Å². The lowest BCUT2D eigenvalue weighted by molar-refractivity contribution is 0.630. The Balaban J connectivity index is 2.93. The zero-order valence-electron chi connectivity index (χ0n) is 5.94. The Labute approximate surface area is 81.3 Å². The maximum absolute atomic E-state index is 12.8. The van der Waals surface area contributed by atoms with E-state index in [1.807, 2.05) is 0 Å². The molecular formula is C7H5FIN3. The fourth-order valence-corrected chi connectivity index (χ4v) is 1.81. The van der Waals surface area contributed by atoms with Gasteiger partial charge < -0.3 is 5.73 Å². The summed E-state index contributed by atoms with van der Waals surface area (Å²) < 4.78 is 13.6. The minimum Gasteiger partial charge on any atom is -0.398 e. The molecule has 2 aromatic rings. The molecule has 3 nitrogen and oxygen atoms in total. The van der Waals surface area contributed by atoms with Crippen molar-refractivity contribution in [1.29, 1.82) is 0 Å². The number of aromatic nitrogens is 2. The predicted octanol–water partition coefficient (Wildman–Crippen LogP) is 1.89. The van der Waals surface area contributed by atoms with Gasteiger partial charge in [-0.1, -0.05) is 0 Å². The second-order valence-corrected chi connectivity index (χ2v) is 3.51. The molecule has 1 aromatic heterocycles. The molecule has 0 saturated carbocycles. The number of nitrogens with zero attached hydrogens (tertiary/aromatic N) is 1. The van der Waals surface area contributed by atoms with E-state index in [0.717, 1.165) is 9.09 Å². The Kier molecular flexibility index (Phi) is 1.67. The summed E-state index contributed by atoms with van der Waals surface area (Å²) in [6, 6.07) is 2.64. The number of aromatic amines is 1. The standard InChI is InChI=1S/C7H5FIN3/c8-3-1-4(10)6-5(2-3)11-12-7(6)9/h1-2H,10H2,(H,11,12). The molecule has 12 heavy (non-hydrogen) atoms. The molecule has 0 aliphatic rings. The first-order valence-electron chi connectivity index (χ1n) is 3.27. The highest BCUT2D eigenvalue weighted by molar-refractivity contribution is 14.1. The molecule has 2 rings (SSSR count). The second-order valence-electron chi connectivity index (χ2n) is 2.43. The average Bonchev–Trinajstić information content (AvgIpc) is 2.31. The van der Waals surface area contributed by atoms with Crippen LogP contribution in [-0.2, 0) is 0 Å². The van der Waals surface area contributed by atoms with E-state index in [2.05, 4.69) is 32.8 Å². The van der Waals surface area contributed by atoms with Gasteiger partial charge in [0.25, 0.3) is 0 Å². The molecule has 0 aliphatic heterocycles. The molecule has 0 amide bonds. The molecule has 3 N–H and O–H groups in total. The molecule has 0 radical (unpaired) electrons. The monoisotopic (exact) mass is 277 g/mol. The SMILES string of the molecule is Nc1cc(F)cc2n[nH]c(I)c12. The molecule has 0 saturated heterocycles. The van der Waals surface area contributed by atoms with Crippen LogP contribution in [0.15, 0.2) is 12.1 Å². The Morgan fingerprint density at radius 2 is 2.25 bits per heavy atom. The second kappa shape index (κ2) is 2.58. The summed E-state index contributed by atoms with van der Waals surface area (Å²) in [5.41, 5.74) is 6.58. The van der Waals surface area contributed by atoms with Crippen LogP contribution in [0.25, 0.3) is 10.9 Å². The lowest BCUT2D eigenvalue weighted by Crippen LogP contribution is -1.88. The van der Waals surface area contributed by atoms with Crippen molar-refractivity contribution in [1.82, 2.24) is 10.2 Å². The van der Waals surface area contributed by atoms with Crippen LogP contribution in [0.1, 0.15) is 0 Å². The van der Waals surface area contributed by atoms with Crippen molar-refractivity contribution in [2.75, 3.05) is 5.73 Å². The van der Waals surface area contributed by atoms with Gasteiger partial charge in [-0.15, -0.1) is 0 Å². The van der Waals surface area contributed by atoms with E-state index in [1.165, 1.54) is 12.1 Å². The normalized spacial score (nSPS) is 10.8. The highest BCUT2D eigenvalue weighted by Gasteiger charge is 2.07. The van der Waals surface area contributed by atoms with Crippen LogP contribution < -0.4 is 5.73 Å². The number of fused-ring (bicyclic) bond motifs is 1. The van der Waals surface area contributed by atoms with Gasteiger partial charge in [0.05, 0.1) is 10.9 Å². The van der Waals surface area contributed by atoms with Crippen molar-refractivity contribution in [2.45, 2.75) is 0 Å². The number of hydrogen-bond donors (Lipinski definition) is 2. The zero-order valence-corrected chi connectivity index (χ0v) is 8.09. The Hall–Kier alpha value is -0.850. The van der Waals surface area contributed by atoms with Crippen LogP contribution in [0.5, 0.6) is 0 Å². The van der Waals surface area contributed by atoms with Crippen LogP contribution in [0.3, 0.4) is 0 Å². The van der Waals surface area contributed by atoms with Crippen LogP contribution in [0.4, 0.5) is 10.1 Å². The summed E-state index contributed by atoms with van der Waals surface area (Å²) in [7, 11) is 0. The Morgan fingerprint density at radius 1 is 1.50 bits per heavy atom. The van der Waals surface area contributed by atoms with Crippen molar-refractivity contribution in [2.24, 2.45) is 0 Å². The van der Waals surface area contributed by atoms with Gasteiger partial charge in [-0.25, -0.2) is 4.39 Å². The minimum atomic E-state index is -0.358. The highest BCUT2D eigenvalue weighted by atomic mass is 127. The molecule has 0 unspecified atom stereocenters. The van der Waals surface area contributed by atoms with Gasteiger partial charge in [-0.05, 0) is 28.7 Å². The van der Waals surface area contributed by atoms with Crippen molar-refractivity contribution in [3.63, 3.8) is 0 Å². The van der Waals surface area contributed by atoms with Crippen LogP contribution >= 0.6 is 22.6 Å². The largest absolute Gasteiger partial charge is 0.398 e. The number of halogens is 2. The van der Waals surface area contributed by atoms with E-state index in [1.54, 1.807) is 0 Å². The topological polar surface area (TPSA) is 54.7 Å². The van der Waals surface area contributed by atoms with Gasteiger partial charge in [0.2, 0.25) is 0 Å². The molecular weight excluding hydrogens is 272 g/mol. The molecule has 0 bridgehead atoms. The summed E-state index contributed by atoms with van der Waals surface area (Å²) >= 11 is 2.07. The number of nitrogen functional groups attached to an aromatic ring is 1. The van der Waals surface area contributed by atoms with Gasteiger partial charge in [0.15, 0.2) is 0 Å². The third-order valence-corrected chi connectivity index (χ3v) is 2.39. The molecule has 0 fully saturated rings. The quantitative estimate of drug-likeness (QED) is 0.570. The maximum Gasteiger partial charge on any atom is 0.127 e. The molecule has 1 aromatic carbocycles. The van der Waals surface area contributed by atoms with Crippen molar-refractivity contribution < 1.29 is 4.39 Å². The Bertz CT molecular complexity index is 437.